The summed E-state index contributed by atoms with van der Waals surface area (Å²) in [7, 11) is 0. The molecule has 0 amide bonds. The van der Waals surface area contributed by atoms with E-state index in [0.717, 1.165) is 17.5 Å². The van der Waals surface area contributed by atoms with E-state index in [9.17, 15) is 10.2 Å². The molecule has 0 aromatic heterocycles. The summed E-state index contributed by atoms with van der Waals surface area (Å²) in [6.07, 6.45) is 68.0. The van der Waals surface area contributed by atoms with E-state index in [4.69, 9.17) is 0 Å². The Morgan fingerprint density at radius 1 is 0.275 bits per heavy atom. The Kier molecular flexibility index (Phi) is 41.2. The zero-order chi connectivity index (χ0) is 58.8. The maximum Gasteiger partial charge on any atom is 0.119 e. The number of hydrogen-bond donors (Lipinski definition) is 2. The van der Waals surface area contributed by atoms with Crippen LogP contribution < -0.4 is 0 Å². The molecule has 0 saturated heterocycles. The van der Waals surface area contributed by atoms with E-state index in [1.807, 2.05) is 0 Å². The molecule has 0 spiro atoms. The van der Waals surface area contributed by atoms with Crippen LogP contribution in [0.3, 0.4) is 0 Å². The van der Waals surface area contributed by atoms with Crippen LogP contribution in [0, 0.1) is 19.3 Å². The fraction of sp³-hybridized carbons (Fsp3) is 0.846. The van der Waals surface area contributed by atoms with E-state index in [1.54, 1.807) is 5.56 Å². The molecule has 0 radical (unpaired) electrons. The van der Waals surface area contributed by atoms with E-state index in [0.29, 0.717) is 11.5 Å². The summed E-state index contributed by atoms with van der Waals surface area (Å²) in [5.74, 6) is 0.955. The van der Waals surface area contributed by atoms with Crippen molar-refractivity contribution in [1.82, 2.24) is 0 Å². The lowest BCUT2D eigenvalue weighted by Gasteiger charge is -2.54. The Balaban J connectivity index is 2.84. The van der Waals surface area contributed by atoms with Crippen LogP contribution in [0.1, 0.15) is 417 Å². The second-order valence-electron chi connectivity index (χ2n) is 29.0. The van der Waals surface area contributed by atoms with Gasteiger partial charge < -0.3 is 10.2 Å². The highest BCUT2D eigenvalue weighted by Crippen LogP contribution is 2.59. The van der Waals surface area contributed by atoms with Gasteiger partial charge in [0.25, 0.3) is 0 Å². The zero-order valence-electron chi connectivity index (χ0n) is 56.6. The summed E-state index contributed by atoms with van der Waals surface area (Å²) >= 11 is 0. The van der Waals surface area contributed by atoms with Crippen LogP contribution in [0.15, 0.2) is 24.3 Å². The average Bonchev–Trinajstić information content (AvgIpc) is 3.41. The summed E-state index contributed by atoms with van der Waals surface area (Å²) in [5.41, 5.74) is 7.69. The number of phenols is 2. The van der Waals surface area contributed by atoms with Gasteiger partial charge in [-0.2, -0.15) is 0 Å². The number of rotatable bonds is 53. The largest absolute Gasteiger partial charge is 0.508 e. The Morgan fingerprint density at radius 3 is 0.812 bits per heavy atom. The SMILES string of the molecule is CCCCCCCCCCCCCC(CCCCCCCCCCCCC)(CCc1cc(C(C)(C)C)c(O)cc1C)C(CCCCCCCCCCCCC)(CCCCCCCCCCCCC)c1cc(C(C)(C)C)c(O)cc1C. The van der Waals surface area contributed by atoms with Crippen LogP contribution in [0.4, 0.5) is 0 Å². The highest BCUT2D eigenvalue weighted by Gasteiger charge is 2.51. The van der Waals surface area contributed by atoms with Gasteiger partial charge in [-0.05, 0) is 114 Å². The van der Waals surface area contributed by atoms with Gasteiger partial charge in [0.1, 0.15) is 11.5 Å². The first-order valence-electron chi connectivity index (χ1n) is 36.2. The molecule has 466 valence electrons. The first-order chi connectivity index (χ1) is 38.5. The van der Waals surface area contributed by atoms with Gasteiger partial charge in [-0.3, -0.25) is 0 Å². The summed E-state index contributed by atoms with van der Waals surface area (Å²) < 4.78 is 0. The molecular weight excluding hydrogens is 969 g/mol. The van der Waals surface area contributed by atoms with Gasteiger partial charge in [0.15, 0.2) is 0 Å². The molecule has 0 saturated carbocycles. The molecule has 0 unspecified atom stereocenters. The number of hydrogen-bond acceptors (Lipinski definition) is 2. The van der Waals surface area contributed by atoms with Gasteiger partial charge in [0.2, 0.25) is 0 Å². The Labute approximate surface area is 502 Å². The van der Waals surface area contributed by atoms with Crippen molar-refractivity contribution in [3.8, 4) is 11.5 Å². The average molecular weight is 1110 g/mol. The minimum atomic E-state index is -0.160. The quantitative estimate of drug-likeness (QED) is 0.0648. The highest BCUT2D eigenvalue weighted by molar-refractivity contribution is 5.49. The lowest BCUT2D eigenvalue weighted by atomic mass is 9.50. The predicted octanol–water partition coefficient (Wildman–Crippen LogP) is 27.0. The number of phenolic OH excluding ortho intramolecular Hbond substituents is 2. The lowest BCUT2D eigenvalue weighted by molar-refractivity contribution is 0.0463. The molecule has 0 bridgehead atoms. The Morgan fingerprint density at radius 2 is 0.525 bits per heavy atom. The van der Waals surface area contributed by atoms with Gasteiger partial charge in [0, 0.05) is 5.41 Å². The molecule has 2 N–H and O–H groups in total. The molecule has 0 heterocycles. The second-order valence-corrected chi connectivity index (χ2v) is 29.0. The van der Waals surface area contributed by atoms with Gasteiger partial charge in [0.05, 0.1) is 0 Å². The van der Waals surface area contributed by atoms with Crippen LogP contribution in [0.5, 0.6) is 11.5 Å². The van der Waals surface area contributed by atoms with E-state index < -0.39 is 0 Å². The fourth-order valence-corrected chi connectivity index (χ4v) is 14.5. The fourth-order valence-electron chi connectivity index (χ4n) is 14.5. The molecule has 2 rings (SSSR count). The third-order valence-corrected chi connectivity index (χ3v) is 19.7. The molecule has 0 aliphatic carbocycles. The summed E-state index contributed by atoms with van der Waals surface area (Å²) in [6.45, 7) is 27.8. The molecule has 0 atom stereocenters. The predicted molar refractivity (Wildman–Crippen MR) is 360 cm³/mol. The lowest BCUT2D eigenvalue weighted by Crippen LogP contribution is -2.47. The van der Waals surface area contributed by atoms with Crippen molar-refractivity contribution in [1.29, 1.82) is 0 Å². The first-order valence-corrected chi connectivity index (χ1v) is 36.2. The molecule has 2 aromatic rings. The van der Waals surface area contributed by atoms with Crippen LogP contribution in [0.25, 0.3) is 0 Å². The zero-order valence-corrected chi connectivity index (χ0v) is 56.6. The Bertz CT molecular complexity index is 1720. The molecular formula is C78H142O2. The first kappa shape index (κ1) is 74.1. The maximum atomic E-state index is 12.0. The van der Waals surface area contributed by atoms with Crippen molar-refractivity contribution in [3.63, 3.8) is 0 Å². The van der Waals surface area contributed by atoms with E-state index in [1.165, 1.54) is 331 Å². The van der Waals surface area contributed by atoms with Gasteiger partial charge in [-0.1, -0.05) is 364 Å². The molecule has 0 aliphatic rings. The van der Waals surface area contributed by atoms with Gasteiger partial charge in [-0.25, -0.2) is 0 Å². The number of benzene rings is 2. The van der Waals surface area contributed by atoms with Crippen molar-refractivity contribution in [2.24, 2.45) is 5.41 Å². The standard InChI is InChI=1S/C78H142O2/c1-13-17-21-25-29-33-37-41-45-49-53-58-77(59-54-50-46-42-38-34-30-26-22-18-14-2,62-57-69-65-71(75(7,8)9)73(79)63-67(69)5)78(60-55-51-47-43-39-35-31-27-23-19-15-3,61-56-52-48-44-40-36-32-28-24-20-16-4)70-66-72(76(10,11)12)74(80)64-68(70)6/h63-66,79-80H,13-62H2,1-12H3. The number of aromatic hydroxyl groups is 2. The third-order valence-electron chi connectivity index (χ3n) is 19.7. The minimum absolute atomic E-state index is 0.00199. The number of unbranched alkanes of at least 4 members (excludes halogenated alkanes) is 40. The van der Waals surface area contributed by atoms with Crippen molar-refractivity contribution in [2.75, 3.05) is 0 Å². The molecule has 2 nitrogen and oxygen atoms in total. The smallest absolute Gasteiger partial charge is 0.119 e. The molecule has 0 aliphatic heterocycles. The minimum Gasteiger partial charge on any atom is -0.508 e. The van der Waals surface area contributed by atoms with Gasteiger partial charge in [-0.15, -0.1) is 0 Å². The summed E-state index contributed by atoms with van der Waals surface area (Å²) in [6, 6.07) is 9.37. The number of aryl methyl sites for hydroxylation is 3. The monoisotopic (exact) mass is 1110 g/mol. The highest BCUT2D eigenvalue weighted by atomic mass is 16.3. The van der Waals surface area contributed by atoms with Crippen LogP contribution in [-0.2, 0) is 22.7 Å². The second kappa shape index (κ2) is 44.5. The van der Waals surface area contributed by atoms with Crippen LogP contribution in [0.2, 0.25) is 0 Å². The summed E-state index contributed by atoms with van der Waals surface area (Å²) in [5, 5.41) is 23.5. The normalized spacial score (nSPS) is 12.6. The topological polar surface area (TPSA) is 40.5 Å². The molecule has 2 aromatic carbocycles. The van der Waals surface area contributed by atoms with Crippen molar-refractivity contribution >= 4 is 0 Å². The molecule has 2 heteroatoms. The van der Waals surface area contributed by atoms with Crippen LogP contribution >= 0.6 is 0 Å². The summed E-state index contributed by atoms with van der Waals surface area (Å²) in [4.78, 5) is 0. The van der Waals surface area contributed by atoms with Crippen molar-refractivity contribution in [3.05, 3.63) is 57.6 Å². The third kappa shape index (κ3) is 30.2. The maximum absolute atomic E-state index is 12.0. The van der Waals surface area contributed by atoms with Crippen LogP contribution in [-0.4, -0.2) is 10.2 Å². The van der Waals surface area contributed by atoms with E-state index in [2.05, 4.69) is 107 Å². The van der Waals surface area contributed by atoms with E-state index in [-0.39, 0.29) is 21.7 Å². The molecule has 0 fully saturated rings. The van der Waals surface area contributed by atoms with E-state index >= 15 is 0 Å². The van der Waals surface area contributed by atoms with Gasteiger partial charge >= 0.3 is 0 Å². The molecule has 80 heavy (non-hydrogen) atoms. The Hall–Kier alpha value is -1.96. The van der Waals surface area contributed by atoms with Crippen molar-refractivity contribution < 1.29 is 10.2 Å². The van der Waals surface area contributed by atoms with Crippen molar-refractivity contribution in [2.45, 2.75) is 420 Å².